The molecule has 0 aromatic carbocycles. The lowest BCUT2D eigenvalue weighted by Gasteiger charge is -2.22. The summed E-state index contributed by atoms with van der Waals surface area (Å²) in [6, 6.07) is 3.99. The van der Waals surface area contributed by atoms with E-state index >= 15 is 0 Å². The van der Waals surface area contributed by atoms with E-state index in [1.54, 1.807) is 13.2 Å². The van der Waals surface area contributed by atoms with Crippen molar-refractivity contribution in [3.63, 3.8) is 0 Å². The van der Waals surface area contributed by atoms with Gasteiger partial charge in [0.1, 0.15) is 6.10 Å². The summed E-state index contributed by atoms with van der Waals surface area (Å²) < 4.78 is 5.97. The van der Waals surface area contributed by atoms with Crippen molar-refractivity contribution in [2.45, 2.75) is 44.8 Å². The number of guanidine groups is 1. The summed E-state index contributed by atoms with van der Waals surface area (Å²) in [4.78, 5) is 8.39. The minimum Gasteiger partial charge on any atom is -0.474 e. The second-order valence-electron chi connectivity index (χ2n) is 5.06. The van der Waals surface area contributed by atoms with Gasteiger partial charge in [-0.15, -0.1) is 0 Å². The average Bonchev–Trinajstić information content (AvgIpc) is 2.50. The molecule has 0 spiro atoms. The highest BCUT2D eigenvalue weighted by molar-refractivity contribution is 5.79. The third-order valence-electron chi connectivity index (χ3n) is 3.56. The fourth-order valence-corrected chi connectivity index (χ4v) is 2.44. The molecule has 1 fully saturated rings. The van der Waals surface area contributed by atoms with E-state index in [2.05, 4.69) is 20.6 Å². The zero-order chi connectivity index (χ0) is 14.2. The Labute approximate surface area is 120 Å². The minimum absolute atomic E-state index is 0.338. The van der Waals surface area contributed by atoms with Crippen molar-refractivity contribution in [1.82, 2.24) is 15.6 Å². The van der Waals surface area contributed by atoms with Crippen LogP contribution in [0.1, 0.15) is 37.7 Å². The fraction of sp³-hybridized carbons (Fsp3) is 0.600. The standard InChI is InChI=1S/C15H24N4O/c1-16-15(17-2)19-11-12-8-9-18-14(10-12)20-13-6-4-3-5-7-13/h8-10,13H,3-7,11H2,1-2H3,(H2,16,17,19). The fourth-order valence-electron chi connectivity index (χ4n) is 2.44. The topological polar surface area (TPSA) is 58.5 Å². The lowest BCUT2D eigenvalue weighted by Crippen LogP contribution is -2.34. The maximum atomic E-state index is 5.97. The second-order valence-corrected chi connectivity index (χ2v) is 5.06. The van der Waals surface area contributed by atoms with Crippen LogP contribution in [0, 0.1) is 0 Å². The van der Waals surface area contributed by atoms with Crippen LogP contribution < -0.4 is 15.4 Å². The van der Waals surface area contributed by atoms with Crippen LogP contribution in [0.15, 0.2) is 23.3 Å². The van der Waals surface area contributed by atoms with Crippen LogP contribution in [0.3, 0.4) is 0 Å². The van der Waals surface area contributed by atoms with E-state index in [0.717, 1.165) is 30.2 Å². The molecule has 0 amide bonds. The summed E-state index contributed by atoms with van der Waals surface area (Å²) >= 11 is 0. The molecule has 1 saturated carbocycles. The molecular weight excluding hydrogens is 252 g/mol. The highest BCUT2D eigenvalue weighted by Crippen LogP contribution is 2.22. The SMILES string of the molecule is CN=C(NC)NCc1ccnc(OC2CCCCC2)c1. The summed E-state index contributed by atoms with van der Waals surface area (Å²) in [5.74, 6) is 1.51. The summed E-state index contributed by atoms with van der Waals surface area (Å²) in [7, 11) is 3.60. The Balaban J connectivity index is 1.90. The van der Waals surface area contributed by atoms with Crippen molar-refractivity contribution in [1.29, 1.82) is 0 Å². The van der Waals surface area contributed by atoms with E-state index in [0.29, 0.717) is 12.6 Å². The van der Waals surface area contributed by atoms with Crippen LogP contribution in [0.2, 0.25) is 0 Å². The van der Waals surface area contributed by atoms with Crippen LogP contribution in [0.5, 0.6) is 5.88 Å². The number of ether oxygens (including phenoxy) is 1. The van der Waals surface area contributed by atoms with Crippen molar-refractivity contribution >= 4 is 5.96 Å². The van der Waals surface area contributed by atoms with Crippen LogP contribution in [-0.4, -0.2) is 31.1 Å². The molecule has 1 aromatic rings. The van der Waals surface area contributed by atoms with Gasteiger partial charge in [0.15, 0.2) is 5.96 Å². The van der Waals surface area contributed by atoms with Crippen molar-refractivity contribution < 1.29 is 4.74 Å². The first kappa shape index (κ1) is 14.6. The second kappa shape index (κ2) is 7.72. The van der Waals surface area contributed by atoms with Gasteiger partial charge in [0.25, 0.3) is 0 Å². The molecule has 1 aromatic heterocycles. The highest BCUT2D eigenvalue weighted by Gasteiger charge is 2.15. The summed E-state index contributed by atoms with van der Waals surface area (Å²) in [5, 5.41) is 6.22. The van der Waals surface area contributed by atoms with Crippen LogP contribution >= 0.6 is 0 Å². The van der Waals surface area contributed by atoms with E-state index in [-0.39, 0.29) is 0 Å². The van der Waals surface area contributed by atoms with Crippen LogP contribution in [0.25, 0.3) is 0 Å². The normalized spacial score (nSPS) is 16.8. The van der Waals surface area contributed by atoms with Gasteiger partial charge >= 0.3 is 0 Å². The highest BCUT2D eigenvalue weighted by atomic mass is 16.5. The molecule has 0 atom stereocenters. The summed E-state index contributed by atoms with van der Waals surface area (Å²) in [6.45, 7) is 0.705. The zero-order valence-corrected chi connectivity index (χ0v) is 12.4. The van der Waals surface area contributed by atoms with E-state index in [4.69, 9.17) is 4.74 Å². The quantitative estimate of drug-likeness (QED) is 0.653. The number of hydrogen-bond acceptors (Lipinski definition) is 3. The molecular formula is C15H24N4O. The third kappa shape index (κ3) is 4.40. The molecule has 0 radical (unpaired) electrons. The number of pyridine rings is 1. The molecule has 1 heterocycles. The van der Waals surface area contributed by atoms with Crippen molar-refractivity contribution in [3.8, 4) is 5.88 Å². The molecule has 2 rings (SSSR count). The average molecular weight is 276 g/mol. The van der Waals surface area contributed by atoms with Gasteiger partial charge in [-0.2, -0.15) is 0 Å². The van der Waals surface area contributed by atoms with Crippen molar-refractivity contribution in [2.24, 2.45) is 4.99 Å². The predicted molar refractivity (Wildman–Crippen MR) is 81.0 cm³/mol. The molecule has 110 valence electrons. The monoisotopic (exact) mass is 276 g/mol. The van der Waals surface area contributed by atoms with E-state index in [1.165, 1.54) is 19.3 Å². The predicted octanol–water partition coefficient (Wildman–Crippen LogP) is 2.09. The third-order valence-corrected chi connectivity index (χ3v) is 3.56. The zero-order valence-electron chi connectivity index (χ0n) is 12.4. The van der Waals surface area contributed by atoms with Gasteiger partial charge in [-0.3, -0.25) is 4.99 Å². The Morgan fingerprint density at radius 1 is 1.40 bits per heavy atom. The smallest absolute Gasteiger partial charge is 0.213 e. The summed E-state index contributed by atoms with van der Waals surface area (Å²) in [5.41, 5.74) is 1.14. The number of nitrogens with zero attached hydrogens (tertiary/aromatic N) is 2. The van der Waals surface area contributed by atoms with Crippen LogP contribution in [0.4, 0.5) is 0 Å². The van der Waals surface area contributed by atoms with Gasteiger partial charge in [-0.05, 0) is 37.3 Å². The number of nitrogens with one attached hydrogen (secondary N) is 2. The number of aliphatic imine (C=N–C) groups is 1. The molecule has 1 aliphatic carbocycles. The van der Waals surface area contributed by atoms with Crippen molar-refractivity contribution in [2.75, 3.05) is 14.1 Å². The Hall–Kier alpha value is -1.78. The minimum atomic E-state index is 0.338. The van der Waals surface area contributed by atoms with Gasteiger partial charge in [-0.25, -0.2) is 4.98 Å². The maximum absolute atomic E-state index is 5.97. The first-order valence-electron chi connectivity index (χ1n) is 7.32. The van der Waals surface area contributed by atoms with Gasteiger partial charge in [0, 0.05) is 32.9 Å². The van der Waals surface area contributed by atoms with Crippen LogP contribution in [-0.2, 0) is 6.54 Å². The number of hydrogen-bond donors (Lipinski definition) is 2. The largest absolute Gasteiger partial charge is 0.474 e. The molecule has 0 aliphatic heterocycles. The van der Waals surface area contributed by atoms with Gasteiger partial charge < -0.3 is 15.4 Å². The van der Waals surface area contributed by atoms with Gasteiger partial charge in [0.05, 0.1) is 0 Å². The summed E-state index contributed by atoms with van der Waals surface area (Å²) in [6.07, 6.45) is 8.31. The van der Waals surface area contributed by atoms with Crippen molar-refractivity contribution in [3.05, 3.63) is 23.9 Å². The Morgan fingerprint density at radius 3 is 2.90 bits per heavy atom. The van der Waals surface area contributed by atoms with E-state index in [1.807, 2.05) is 19.2 Å². The molecule has 0 saturated heterocycles. The van der Waals surface area contributed by atoms with E-state index in [9.17, 15) is 0 Å². The molecule has 5 nitrogen and oxygen atoms in total. The van der Waals surface area contributed by atoms with E-state index < -0.39 is 0 Å². The lowest BCUT2D eigenvalue weighted by atomic mass is 9.98. The Kier molecular flexibility index (Phi) is 5.65. The maximum Gasteiger partial charge on any atom is 0.213 e. The Morgan fingerprint density at radius 2 is 2.20 bits per heavy atom. The first-order chi connectivity index (χ1) is 9.81. The first-order valence-corrected chi connectivity index (χ1v) is 7.32. The Bertz CT molecular complexity index is 441. The molecule has 0 unspecified atom stereocenters. The molecule has 0 bridgehead atoms. The number of aromatic nitrogens is 1. The number of rotatable bonds is 4. The molecule has 20 heavy (non-hydrogen) atoms. The van der Waals surface area contributed by atoms with Gasteiger partial charge in [-0.1, -0.05) is 6.42 Å². The molecule has 2 N–H and O–H groups in total. The van der Waals surface area contributed by atoms with Gasteiger partial charge in [0.2, 0.25) is 5.88 Å². The molecule has 5 heteroatoms. The molecule has 1 aliphatic rings. The lowest BCUT2D eigenvalue weighted by molar-refractivity contribution is 0.148.